The molecule has 6 heteroatoms. The highest BCUT2D eigenvalue weighted by atomic mass is 127. The lowest BCUT2D eigenvalue weighted by atomic mass is 10.1. The molecule has 0 aromatic heterocycles. The number of nitrogens with zero attached hydrogens (tertiary/aromatic N) is 2. The summed E-state index contributed by atoms with van der Waals surface area (Å²) in [4.78, 5) is 7.19. The van der Waals surface area contributed by atoms with Gasteiger partial charge in [0.1, 0.15) is 0 Å². The third-order valence-corrected chi connectivity index (χ3v) is 4.45. The zero-order valence-electron chi connectivity index (χ0n) is 14.8. The first-order valence-electron chi connectivity index (χ1n) is 8.72. The average molecular weight is 446 g/mol. The Morgan fingerprint density at radius 3 is 2.67 bits per heavy atom. The van der Waals surface area contributed by atoms with Crippen LogP contribution >= 0.6 is 24.0 Å². The van der Waals surface area contributed by atoms with E-state index in [2.05, 4.69) is 34.4 Å². The van der Waals surface area contributed by atoms with Crippen LogP contribution in [-0.2, 0) is 13.2 Å². The third-order valence-electron chi connectivity index (χ3n) is 4.45. The molecular formula is C18H31IN4O. The predicted molar refractivity (Wildman–Crippen MR) is 111 cm³/mol. The van der Waals surface area contributed by atoms with Crippen LogP contribution in [-0.4, -0.2) is 48.2 Å². The molecule has 3 N–H and O–H groups in total. The van der Waals surface area contributed by atoms with Gasteiger partial charge in [0.25, 0.3) is 0 Å². The Morgan fingerprint density at radius 2 is 2.00 bits per heavy atom. The van der Waals surface area contributed by atoms with E-state index in [9.17, 15) is 5.11 Å². The summed E-state index contributed by atoms with van der Waals surface area (Å²) in [5, 5.41) is 16.2. The van der Waals surface area contributed by atoms with E-state index in [0.717, 1.165) is 36.7 Å². The number of halogens is 1. The molecule has 1 aromatic rings. The number of aliphatic hydroxyl groups excluding tert-OH is 1. The van der Waals surface area contributed by atoms with E-state index >= 15 is 0 Å². The number of likely N-dealkylation sites (N-methyl/N-ethyl adjacent to an activating group) is 1. The fourth-order valence-corrected chi connectivity index (χ4v) is 3.13. The van der Waals surface area contributed by atoms with Crippen molar-refractivity contribution in [1.82, 2.24) is 15.5 Å². The lowest BCUT2D eigenvalue weighted by Gasteiger charge is -2.24. The Kier molecular flexibility index (Phi) is 10.3. The van der Waals surface area contributed by atoms with Crippen LogP contribution in [0.4, 0.5) is 0 Å². The molecule has 5 nitrogen and oxygen atoms in total. The monoisotopic (exact) mass is 446 g/mol. The van der Waals surface area contributed by atoms with Crippen molar-refractivity contribution < 1.29 is 5.11 Å². The van der Waals surface area contributed by atoms with Gasteiger partial charge in [0.15, 0.2) is 5.96 Å². The van der Waals surface area contributed by atoms with Crippen molar-refractivity contribution in [2.45, 2.75) is 45.9 Å². The summed E-state index contributed by atoms with van der Waals surface area (Å²) in [6.07, 6.45) is 2.55. The van der Waals surface area contributed by atoms with Crippen LogP contribution in [0.3, 0.4) is 0 Å². The van der Waals surface area contributed by atoms with Gasteiger partial charge in [0.05, 0.1) is 13.2 Å². The van der Waals surface area contributed by atoms with E-state index in [-0.39, 0.29) is 30.6 Å². The summed E-state index contributed by atoms with van der Waals surface area (Å²) in [5.74, 6) is 0.850. The molecule has 1 atom stereocenters. The lowest BCUT2D eigenvalue weighted by molar-refractivity contribution is 0.267. The van der Waals surface area contributed by atoms with Crippen molar-refractivity contribution in [2.75, 3.05) is 26.2 Å². The van der Waals surface area contributed by atoms with Gasteiger partial charge in [-0.15, -0.1) is 24.0 Å². The fourth-order valence-electron chi connectivity index (χ4n) is 3.13. The molecule has 136 valence electrons. The minimum absolute atomic E-state index is 0. The van der Waals surface area contributed by atoms with Crippen LogP contribution in [0.15, 0.2) is 29.3 Å². The van der Waals surface area contributed by atoms with Gasteiger partial charge in [-0.3, -0.25) is 4.90 Å². The Balaban J connectivity index is 0.00000288. The number of aliphatic hydroxyl groups is 1. The average Bonchev–Trinajstić information content (AvgIpc) is 3.05. The van der Waals surface area contributed by atoms with E-state index in [1.165, 1.54) is 19.4 Å². The maximum absolute atomic E-state index is 9.41. The van der Waals surface area contributed by atoms with Gasteiger partial charge in [-0.1, -0.05) is 31.2 Å². The number of aliphatic imine (C=N–C) groups is 1. The molecule has 1 fully saturated rings. The highest BCUT2D eigenvalue weighted by Crippen LogP contribution is 2.15. The first-order chi connectivity index (χ1) is 11.3. The van der Waals surface area contributed by atoms with Crippen LogP contribution in [0.1, 0.15) is 37.8 Å². The van der Waals surface area contributed by atoms with Crippen molar-refractivity contribution in [3.05, 3.63) is 35.4 Å². The second kappa shape index (κ2) is 11.7. The topological polar surface area (TPSA) is 59.9 Å². The molecule has 0 radical (unpaired) electrons. The highest BCUT2D eigenvalue weighted by Gasteiger charge is 2.22. The van der Waals surface area contributed by atoms with E-state index in [1.54, 1.807) is 0 Å². The van der Waals surface area contributed by atoms with E-state index in [4.69, 9.17) is 0 Å². The molecule has 0 bridgehead atoms. The first-order valence-corrected chi connectivity index (χ1v) is 8.72. The maximum atomic E-state index is 9.41. The molecule has 1 aliphatic heterocycles. The van der Waals surface area contributed by atoms with Gasteiger partial charge in [-0.2, -0.15) is 0 Å². The second-order valence-corrected chi connectivity index (χ2v) is 5.93. The van der Waals surface area contributed by atoms with Gasteiger partial charge < -0.3 is 15.7 Å². The smallest absolute Gasteiger partial charge is 0.191 e. The Bertz CT molecular complexity index is 510. The molecule has 0 amide bonds. The van der Waals surface area contributed by atoms with Crippen LogP contribution in [0.5, 0.6) is 0 Å². The highest BCUT2D eigenvalue weighted by molar-refractivity contribution is 14.0. The maximum Gasteiger partial charge on any atom is 0.191 e. The Labute approximate surface area is 162 Å². The van der Waals surface area contributed by atoms with Crippen molar-refractivity contribution >= 4 is 29.9 Å². The molecular weight excluding hydrogens is 415 g/mol. The number of nitrogens with one attached hydrogen (secondary N) is 2. The third kappa shape index (κ3) is 6.22. The molecule has 1 aliphatic rings. The molecule has 1 saturated heterocycles. The minimum Gasteiger partial charge on any atom is -0.392 e. The quantitative estimate of drug-likeness (QED) is 0.342. The summed E-state index contributed by atoms with van der Waals surface area (Å²) < 4.78 is 0. The molecule has 24 heavy (non-hydrogen) atoms. The lowest BCUT2D eigenvalue weighted by Crippen LogP contribution is -2.44. The van der Waals surface area contributed by atoms with E-state index in [1.807, 2.05) is 24.3 Å². The van der Waals surface area contributed by atoms with Crippen LogP contribution < -0.4 is 10.6 Å². The molecule has 0 aliphatic carbocycles. The van der Waals surface area contributed by atoms with Gasteiger partial charge >= 0.3 is 0 Å². The standard InChI is InChI=1S/C18H30N4O.HI/c1-3-19-18(21-13-17-10-7-11-22(17)4-2)20-12-15-8-5-6-9-16(15)14-23;/h5-6,8-9,17,23H,3-4,7,10-14H2,1-2H3,(H2,19,20,21);1H. The summed E-state index contributed by atoms with van der Waals surface area (Å²) >= 11 is 0. The van der Waals surface area contributed by atoms with Gasteiger partial charge in [0.2, 0.25) is 0 Å². The van der Waals surface area contributed by atoms with Crippen molar-refractivity contribution in [3.63, 3.8) is 0 Å². The van der Waals surface area contributed by atoms with Gasteiger partial charge in [-0.05, 0) is 44.0 Å². The molecule has 1 heterocycles. The first kappa shape index (κ1) is 21.2. The SMILES string of the molecule is CCNC(=NCc1ccccc1CO)NCC1CCCN1CC.I. The number of likely N-dealkylation sites (tertiary alicyclic amines) is 1. The zero-order valence-corrected chi connectivity index (χ0v) is 17.1. The van der Waals surface area contributed by atoms with Crippen LogP contribution in [0.25, 0.3) is 0 Å². The molecule has 1 aromatic carbocycles. The molecule has 1 unspecified atom stereocenters. The summed E-state index contributed by atoms with van der Waals surface area (Å²) in [6.45, 7) is 9.04. The normalized spacial score (nSPS) is 18.3. The van der Waals surface area contributed by atoms with Crippen molar-refractivity contribution in [2.24, 2.45) is 4.99 Å². The number of benzene rings is 1. The number of guanidine groups is 1. The summed E-state index contributed by atoms with van der Waals surface area (Å²) in [6, 6.07) is 8.51. The van der Waals surface area contributed by atoms with Crippen LogP contribution in [0, 0.1) is 0 Å². The largest absolute Gasteiger partial charge is 0.392 e. The van der Waals surface area contributed by atoms with Gasteiger partial charge in [0, 0.05) is 19.1 Å². The Morgan fingerprint density at radius 1 is 1.25 bits per heavy atom. The molecule has 2 rings (SSSR count). The van der Waals surface area contributed by atoms with E-state index < -0.39 is 0 Å². The second-order valence-electron chi connectivity index (χ2n) is 5.93. The Hall–Kier alpha value is -0.860. The molecule has 0 saturated carbocycles. The van der Waals surface area contributed by atoms with E-state index in [0.29, 0.717) is 12.6 Å². The van der Waals surface area contributed by atoms with Crippen molar-refractivity contribution in [1.29, 1.82) is 0 Å². The zero-order chi connectivity index (χ0) is 16.5. The number of hydrogen-bond acceptors (Lipinski definition) is 3. The molecule has 0 spiro atoms. The fraction of sp³-hybridized carbons (Fsp3) is 0.611. The predicted octanol–water partition coefficient (Wildman–Crippen LogP) is 2.34. The summed E-state index contributed by atoms with van der Waals surface area (Å²) in [5.41, 5.74) is 2.02. The summed E-state index contributed by atoms with van der Waals surface area (Å²) in [7, 11) is 0. The van der Waals surface area contributed by atoms with Crippen LogP contribution in [0.2, 0.25) is 0 Å². The number of hydrogen-bond donors (Lipinski definition) is 3. The van der Waals surface area contributed by atoms with Gasteiger partial charge in [-0.25, -0.2) is 4.99 Å². The van der Waals surface area contributed by atoms with Crippen molar-refractivity contribution in [3.8, 4) is 0 Å². The number of rotatable bonds is 7. The minimum atomic E-state index is 0.